The van der Waals surface area contributed by atoms with Gasteiger partial charge in [-0.3, -0.25) is 0 Å². The molecule has 0 saturated carbocycles. The smallest absolute Gasteiger partial charge is 0.430 e. The molecule has 0 fully saturated rings. The Morgan fingerprint density at radius 2 is 1.72 bits per heavy atom. The molecule has 0 aromatic heterocycles. The molecule has 0 bridgehead atoms. The van der Waals surface area contributed by atoms with Gasteiger partial charge in [0.2, 0.25) is 6.10 Å². The average Bonchev–Trinajstić information content (AvgIpc) is 2.52. The number of benzene rings is 1. The van der Waals surface area contributed by atoms with Crippen molar-refractivity contribution in [3.63, 3.8) is 0 Å². The van der Waals surface area contributed by atoms with Gasteiger partial charge in [-0.1, -0.05) is 0 Å². The molecule has 1 aliphatic rings. The Labute approximate surface area is 142 Å². The fourth-order valence-corrected chi connectivity index (χ4v) is 2.45. The van der Waals surface area contributed by atoms with Crippen LogP contribution >= 0.6 is 0 Å². The third-order valence-corrected chi connectivity index (χ3v) is 3.39. The molecule has 0 aliphatic carbocycles. The predicted molar refractivity (Wildman–Crippen MR) is 82.2 cm³/mol. The first kappa shape index (κ1) is 18.8. The van der Waals surface area contributed by atoms with Crippen LogP contribution in [0.4, 0.5) is 13.2 Å². The van der Waals surface area contributed by atoms with Crippen LogP contribution in [0.5, 0.6) is 5.75 Å². The fraction of sp³-hybridized carbons (Fsp3) is 0.412. The van der Waals surface area contributed by atoms with Crippen molar-refractivity contribution in [3.05, 3.63) is 34.4 Å². The maximum Gasteiger partial charge on any atom is 0.430 e. The van der Waals surface area contributed by atoms with Crippen LogP contribution in [0.15, 0.2) is 17.7 Å². The van der Waals surface area contributed by atoms with Crippen molar-refractivity contribution >= 4 is 18.0 Å². The lowest BCUT2D eigenvalue weighted by atomic mass is 9.97. The Bertz CT molecular complexity index is 722. The summed E-state index contributed by atoms with van der Waals surface area (Å²) in [5, 5.41) is 0. The van der Waals surface area contributed by atoms with Crippen LogP contribution in [0.2, 0.25) is 0 Å². The lowest BCUT2D eigenvalue weighted by Gasteiger charge is -2.29. The van der Waals surface area contributed by atoms with Gasteiger partial charge in [0.15, 0.2) is 0 Å². The second-order valence-electron chi connectivity index (χ2n) is 5.31. The second-order valence-corrected chi connectivity index (χ2v) is 5.31. The molecule has 1 atom stereocenters. The summed E-state index contributed by atoms with van der Waals surface area (Å²) in [4.78, 5) is 24.0. The quantitative estimate of drug-likeness (QED) is 0.772. The molecule has 25 heavy (non-hydrogen) atoms. The largest absolute Gasteiger partial charge is 0.474 e. The van der Waals surface area contributed by atoms with E-state index >= 15 is 0 Å². The van der Waals surface area contributed by atoms with Crippen LogP contribution in [0.25, 0.3) is 6.08 Å². The highest BCUT2D eigenvalue weighted by Gasteiger charge is 2.49. The number of ether oxygens (including phenoxy) is 3. The van der Waals surface area contributed by atoms with Gasteiger partial charge in [-0.15, -0.1) is 0 Å². The van der Waals surface area contributed by atoms with E-state index in [0.29, 0.717) is 5.56 Å². The Morgan fingerprint density at radius 3 is 2.28 bits per heavy atom. The van der Waals surface area contributed by atoms with E-state index in [4.69, 9.17) is 9.47 Å². The summed E-state index contributed by atoms with van der Waals surface area (Å²) in [7, 11) is 0. The summed E-state index contributed by atoms with van der Waals surface area (Å²) in [5.74, 6) is -2.18. The van der Waals surface area contributed by atoms with Crippen molar-refractivity contribution in [2.75, 3.05) is 13.2 Å². The SMILES string of the molecule is CCOC(=O)C1=Cc2cc(C)cc(C(=O)OCC)c2OC1C(F)(F)F. The molecule has 1 aromatic carbocycles. The summed E-state index contributed by atoms with van der Waals surface area (Å²) in [6, 6.07) is 2.90. The summed E-state index contributed by atoms with van der Waals surface area (Å²) in [6.45, 7) is 4.72. The van der Waals surface area contributed by atoms with Gasteiger partial charge in [0.05, 0.1) is 18.8 Å². The van der Waals surface area contributed by atoms with Crippen LogP contribution in [0.1, 0.15) is 35.3 Å². The zero-order valence-corrected chi connectivity index (χ0v) is 13.9. The lowest BCUT2D eigenvalue weighted by molar-refractivity contribution is -0.188. The first-order chi connectivity index (χ1) is 11.7. The number of aryl methyl sites for hydroxylation is 1. The molecule has 0 amide bonds. The molecule has 0 radical (unpaired) electrons. The van der Waals surface area contributed by atoms with Gasteiger partial charge < -0.3 is 14.2 Å². The maximum absolute atomic E-state index is 13.4. The normalized spacial score (nSPS) is 16.4. The van der Waals surface area contributed by atoms with Crippen molar-refractivity contribution in [3.8, 4) is 5.75 Å². The highest BCUT2D eigenvalue weighted by atomic mass is 19.4. The van der Waals surface area contributed by atoms with Crippen LogP contribution in [0, 0.1) is 6.92 Å². The summed E-state index contributed by atoms with van der Waals surface area (Å²) in [5.41, 5.74) is 0.00874. The van der Waals surface area contributed by atoms with Crippen molar-refractivity contribution < 1.29 is 37.0 Å². The van der Waals surface area contributed by atoms with Gasteiger partial charge in [-0.25, -0.2) is 9.59 Å². The fourth-order valence-electron chi connectivity index (χ4n) is 2.45. The minimum Gasteiger partial charge on any atom is -0.474 e. The van der Waals surface area contributed by atoms with Gasteiger partial charge in [-0.2, -0.15) is 13.2 Å². The molecule has 0 N–H and O–H groups in total. The number of alkyl halides is 3. The highest BCUT2D eigenvalue weighted by molar-refractivity contribution is 5.99. The highest BCUT2D eigenvalue weighted by Crippen LogP contribution is 2.40. The summed E-state index contributed by atoms with van der Waals surface area (Å²) >= 11 is 0. The van der Waals surface area contributed by atoms with Crippen molar-refractivity contribution in [1.29, 1.82) is 0 Å². The van der Waals surface area contributed by atoms with E-state index < -0.39 is 29.8 Å². The standard InChI is InChI=1S/C17H17F3O5/c1-4-23-15(21)11-7-9(3)6-10-8-12(16(22)24-5-2)14(17(18,19)20)25-13(10)11/h6-8,14H,4-5H2,1-3H3. The van der Waals surface area contributed by atoms with Gasteiger partial charge in [-0.05, 0) is 44.5 Å². The number of esters is 2. The molecular weight excluding hydrogens is 341 g/mol. The first-order valence-electron chi connectivity index (χ1n) is 7.62. The lowest BCUT2D eigenvalue weighted by Crippen LogP contribution is -2.41. The third-order valence-electron chi connectivity index (χ3n) is 3.39. The zero-order chi connectivity index (χ0) is 18.8. The third kappa shape index (κ3) is 3.94. The monoisotopic (exact) mass is 358 g/mol. The Kier molecular flexibility index (Phi) is 5.39. The van der Waals surface area contributed by atoms with Crippen molar-refractivity contribution in [1.82, 2.24) is 0 Å². The Morgan fingerprint density at radius 1 is 1.12 bits per heavy atom. The van der Waals surface area contributed by atoms with E-state index in [1.54, 1.807) is 13.8 Å². The van der Waals surface area contributed by atoms with E-state index in [1.165, 1.54) is 19.1 Å². The molecule has 5 nitrogen and oxygen atoms in total. The van der Waals surface area contributed by atoms with Crippen LogP contribution in [-0.2, 0) is 14.3 Å². The van der Waals surface area contributed by atoms with E-state index in [9.17, 15) is 22.8 Å². The molecule has 2 rings (SSSR count). The zero-order valence-electron chi connectivity index (χ0n) is 13.9. The van der Waals surface area contributed by atoms with E-state index in [1.807, 2.05) is 0 Å². The van der Waals surface area contributed by atoms with Crippen molar-refractivity contribution in [2.45, 2.75) is 33.1 Å². The number of carbonyl (C=O) groups excluding carboxylic acids is 2. The van der Waals surface area contributed by atoms with E-state index in [-0.39, 0.29) is 30.1 Å². The summed E-state index contributed by atoms with van der Waals surface area (Å²) in [6.07, 6.45) is -6.33. The minimum absolute atomic E-state index is 0.0637. The Hall–Kier alpha value is -2.51. The number of hydrogen-bond donors (Lipinski definition) is 0. The van der Waals surface area contributed by atoms with Crippen molar-refractivity contribution in [2.24, 2.45) is 0 Å². The average molecular weight is 358 g/mol. The predicted octanol–water partition coefficient (Wildman–Crippen LogP) is 3.44. The molecule has 1 heterocycles. The minimum atomic E-state index is -4.85. The molecule has 1 aliphatic heterocycles. The number of fused-ring (bicyclic) bond motifs is 1. The van der Waals surface area contributed by atoms with Crippen LogP contribution < -0.4 is 4.74 Å². The number of rotatable bonds is 4. The molecule has 1 unspecified atom stereocenters. The molecule has 0 saturated heterocycles. The first-order valence-corrected chi connectivity index (χ1v) is 7.62. The van der Waals surface area contributed by atoms with Gasteiger partial charge >= 0.3 is 18.1 Å². The topological polar surface area (TPSA) is 61.8 Å². The van der Waals surface area contributed by atoms with E-state index in [0.717, 1.165) is 6.08 Å². The van der Waals surface area contributed by atoms with Crippen LogP contribution in [-0.4, -0.2) is 37.4 Å². The number of carbonyl (C=O) groups is 2. The Balaban J connectivity index is 2.61. The molecule has 1 aromatic rings. The molecular formula is C17H17F3O5. The van der Waals surface area contributed by atoms with Gasteiger partial charge in [0, 0.05) is 5.56 Å². The molecule has 8 heteroatoms. The molecule has 136 valence electrons. The van der Waals surface area contributed by atoms with Gasteiger partial charge in [0.1, 0.15) is 11.3 Å². The molecule has 0 spiro atoms. The van der Waals surface area contributed by atoms with E-state index in [2.05, 4.69) is 4.74 Å². The summed E-state index contributed by atoms with van der Waals surface area (Å²) < 4.78 is 54.7. The number of hydrogen-bond acceptors (Lipinski definition) is 5. The maximum atomic E-state index is 13.4. The number of halogens is 3. The van der Waals surface area contributed by atoms with Crippen LogP contribution in [0.3, 0.4) is 0 Å². The van der Waals surface area contributed by atoms with Gasteiger partial charge in [0.25, 0.3) is 0 Å². The second kappa shape index (κ2) is 7.16.